The van der Waals surface area contributed by atoms with Crippen LogP contribution in [0.2, 0.25) is 0 Å². The number of aryl methyl sites for hydroxylation is 1. The SMILES string of the molecule is Cc1nccn1-c1cc(Oc2ccc(NC(=O)Nc3cccc(C(F)(F)F)c3)cc2)ncn1. The Balaban J connectivity index is 1.38. The number of carbonyl (C=O) groups excluding carboxylic acids is 1. The van der Waals surface area contributed by atoms with E-state index in [-0.39, 0.29) is 5.69 Å². The predicted octanol–water partition coefficient (Wildman–Crippen LogP) is 5.43. The number of amides is 2. The van der Waals surface area contributed by atoms with E-state index in [2.05, 4.69) is 25.6 Å². The summed E-state index contributed by atoms with van der Waals surface area (Å²) < 4.78 is 45.9. The van der Waals surface area contributed by atoms with E-state index in [9.17, 15) is 18.0 Å². The highest BCUT2D eigenvalue weighted by atomic mass is 19.4. The van der Waals surface area contributed by atoms with Crippen LogP contribution in [0.3, 0.4) is 0 Å². The lowest BCUT2D eigenvalue weighted by Gasteiger charge is -2.11. The molecule has 2 heterocycles. The molecule has 2 amide bonds. The normalized spacial score (nSPS) is 11.2. The third kappa shape index (κ3) is 5.45. The van der Waals surface area contributed by atoms with Crippen LogP contribution in [0.15, 0.2) is 73.3 Å². The smallest absolute Gasteiger partial charge is 0.416 e. The second-order valence-electron chi connectivity index (χ2n) is 6.84. The maximum atomic E-state index is 12.8. The van der Waals surface area contributed by atoms with Crippen molar-refractivity contribution in [2.45, 2.75) is 13.1 Å². The number of halogens is 3. The topological polar surface area (TPSA) is 94.0 Å². The van der Waals surface area contributed by atoms with Gasteiger partial charge in [-0.1, -0.05) is 6.07 Å². The lowest BCUT2D eigenvalue weighted by atomic mass is 10.2. The molecule has 0 aliphatic rings. The summed E-state index contributed by atoms with van der Waals surface area (Å²) in [5.41, 5.74) is -0.405. The Morgan fingerprint density at radius 1 is 0.970 bits per heavy atom. The first-order valence-electron chi connectivity index (χ1n) is 9.63. The third-order valence-corrected chi connectivity index (χ3v) is 4.48. The van der Waals surface area contributed by atoms with Crippen LogP contribution in [0.25, 0.3) is 5.82 Å². The summed E-state index contributed by atoms with van der Waals surface area (Å²) in [5.74, 6) is 2.14. The fourth-order valence-electron chi connectivity index (χ4n) is 2.93. The molecule has 0 aliphatic heterocycles. The molecule has 0 saturated carbocycles. The number of hydrogen-bond acceptors (Lipinski definition) is 5. The highest BCUT2D eigenvalue weighted by Crippen LogP contribution is 2.30. The van der Waals surface area contributed by atoms with Gasteiger partial charge in [-0.3, -0.25) is 4.57 Å². The highest BCUT2D eigenvalue weighted by Gasteiger charge is 2.30. The summed E-state index contributed by atoms with van der Waals surface area (Å²) in [6.07, 6.45) is 0.309. The van der Waals surface area contributed by atoms with Gasteiger partial charge in [0.05, 0.1) is 5.56 Å². The molecule has 4 rings (SSSR count). The molecule has 0 bridgehead atoms. The van der Waals surface area contributed by atoms with Crippen LogP contribution < -0.4 is 15.4 Å². The number of rotatable bonds is 5. The number of imidazole rings is 1. The maximum Gasteiger partial charge on any atom is 0.416 e. The zero-order valence-corrected chi connectivity index (χ0v) is 17.2. The molecule has 2 aromatic carbocycles. The Hall–Kier alpha value is -4.41. The second kappa shape index (κ2) is 8.99. The number of hydrogen-bond donors (Lipinski definition) is 2. The molecule has 0 spiro atoms. The summed E-state index contributed by atoms with van der Waals surface area (Å²) >= 11 is 0. The van der Waals surface area contributed by atoms with Crippen LogP contribution in [0.1, 0.15) is 11.4 Å². The van der Waals surface area contributed by atoms with Crippen LogP contribution in [0, 0.1) is 6.92 Å². The molecule has 168 valence electrons. The fourth-order valence-corrected chi connectivity index (χ4v) is 2.93. The quantitative estimate of drug-likeness (QED) is 0.420. The van der Waals surface area contributed by atoms with E-state index < -0.39 is 17.8 Å². The summed E-state index contributed by atoms with van der Waals surface area (Å²) in [7, 11) is 0. The summed E-state index contributed by atoms with van der Waals surface area (Å²) in [6.45, 7) is 1.84. The molecule has 0 unspecified atom stereocenters. The molecule has 0 radical (unpaired) electrons. The minimum absolute atomic E-state index is 0.0231. The molecule has 11 heteroatoms. The Morgan fingerprint density at radius 2 is 1.73 bits per heavy atom. The minimum Gasteiger partial charge on any atom is -0.439 e. The average molecular weight is 454 g/mol. The lowest BCUT2D eigenvalue weighted by Crippen LogP contribution is -2.19. The van der Waals surface area contributed by atoms with Crippen molar-refractivity contribution in [3.8, 4) is 17.4 Å². The Kier molecular flexibility index (Phi) is 5.94. The number of alkyl halides is 3. The molecule has 0 atom stereocenters. The van der Waals surface area contributed by atoms with Gasteiger partial charge in [-0.25, -0.2) is 19.7 Å². The van der Waals surface area contributed by atoms with Crippen molar-refractivity contribution in [3.63, 3.8) is 0 Å². The number of aromatic nitrogens is 4. The van der Waals surface area contributed by atoms with Gasteiger partial charge >= 0.3 is 12.2 Å². The van der Waals surface area contributed by atoms with E-state index in [1.165, 1.54) is 18.5 Å². The molecule has 2 N–H and O–H groups in total. The molecule has 0 aliphatic carbocycles. The van der Waals surface area contributed by atoms with E-state index in [1.807, 2.05) is 6.92 Å². The number of nitrogens with one attached hydrogen (secondary N) is 2. The van der Waals surface area contributed by atoms with Crippen LogP contribution in [-0.4, -0.2) is 25.6 Å². The number of ether oxygens (including phenoxy) is 1. The van der Waals surface area contributed by atoms with Gasteiger partial charge in [-0.05, 0) is 49.4 Å². The Bertz CT molecular complexity index is 1270. The number of benzene rings is 2. The van der Waals surface area contributed by atoms with Crippen LogP contribution in [0.4, 0.5) is 29.3 Å². The van der Waals surface area contributed by atoms with E-state index in [0.717, 1.165) is 18.0 Å². The molecular weight excluding hydrogens is 437 g/mol. The van der Waals surface area contributed by atoms with Crippen molar-refractivity contribution in [3.05, 3.63) is 84.7 Å². The van der Waals surface area contributed by atoms with E-state index in [4.69, 9.17) is 4.74 Å². The monoisotopic (exact) mass is 454 g/mol. The number of carbonyl (C=O) groups is 1. The van der Waals surface area contributed by atoms with Crippen LogP contribution in [-0.2, 0) is 6.18 Å². The molecule has 0 fully saturated rings. The van der Waals surface area contributed by atoms with Crippen molar-refractivity contribution in [2.24, 2.45) is 0 Å². The fraction of sp³-hybridized carbons (Fsp3) is 0.0909. The Morgan fingerprint density at radius 3 is 2.42 bits per heavy atom. The first-order chi connectivity index (χ1) is 15.8. The predicted molar refractivity (Wildman–Crippen MR) is 114 cm³/mol. The van der Waals surface area contributed by atoms with Crippen molar-refractivity contribution in [2.75, 3.05) is 10.6 Å². The molecule has 8 nitrogen and oxygen atoms in total. The molecule has 4 aromatic rings. The average Bonchev–Trinajstić information content (AvgIpc) is 3.21. The van der Waals surface area contributed by atoms with Gasteiger partial charge in [0.15, 0.2) is 0 Å². The lowest BCUT2D eigenvalue weighted by molar-refractivity contribution is -0.137. The molecular formula is C22H17F3N6O2. The van der Waals surface area contributed by atoms with Gasteiger partial charge in [0.1, 0.15) is 23.7 Å². The summed E-state index contributed by atoms with van der Waals surface area (Å²) in [4.78, 5) is 24.6. The van der Waals surface area contributed by atoms with Crippen LogP contribution >= 0.6 is 0 Å². The highest BCUT2D eigenvalue weighted by molar-refractivity contribution is 5.99. The van der Waals surface area contributed by atoms with E-state index >= 15 is 0 Å². The van der Waals surface area contributed by atoms with Gasteiger partial charge < -0.3 is 15.4 Å². The zero-order chi connectivity index (χ0) is 23.4. The van der Waals surface area contributed by atoms with Gasteiger partial charge in [0.25, 0.3) is 0 Å². The maximum absolute atomic E-state index is 12.8. The number of anilines is 2. The van der Waals surface area contributed by atoms with Gasteiger partial charge in [-0.2, -0.15) is 13.2 Å². The standard InChI is InChI=1S/C22H17F3N6O2/c1-14-26-9-10-31(14)19-12-20(28-13-27-19)33-18-7-5-16(6-8-18)29-21(32)30-17-4-2-3-15(11-17)22(23,24)25/h2-13H,1H3,(H2,29,30,32). The van der Waals surface area contributed by atoms with Gasteiger partial charge in [0.2, 0.25) is 5.88 Å². The zero-order valence-electron chi connectivity index (χ0n) is 17.2. The summed E-state index contributed by atoms with van der Waals surface area (Å²) in [6, 6.07) is 11.8. The molecule has 0 saturated heterocycles. The Labute approximate surface area is 186 Å². The number of nitrogens with zero attached hydrogens (tertiary/aromatic N) is 4. The molecule has 33 heavy (non-hydrogen) atoms. The third-order valence-electron chi connectivity index (χ3n) is 4.48. The number of urea groups is 1. The van der Waals surface area contributed by atoms with Crippen LogP contribution in [0.5, 0.6) is 11.6 Å². The minimum atomic E-state index is -4.49. The second-order valence-corrected chi connectivity index (χ2v) is 6.84. The van der Waals surface area contributed by atoms with Crippen molar-refractivity contribution in [1.82, 2.24) is 19.5 Å². The van der Waals surface area contributed by atoms with E-state index in [1.54, 1.807) is 47.3 Å². The van der Waals surface area contributed by atoms with Crippen molar-refractivity contribution in [1.29, 1.82) is 0 Å². The van der Waals surface area contributed by atoms with Crippen molar-refractivity contribution < 1.29 is 22.7 Å². The van der Waals surface area contributed by atoms with E-state index in [0.29, 0.717) is 23.1 Å². The molecule has 2 aromatic heterocycles. The summed E-state index contributed by atoms with van der Waals surface area (Å²) in [5, 5.41) is 4.93. The van der Waals surface area contributed by atoms with Gasteiger partial charge in [-0.15, -0.1) is 0 Å². The first kappa shape index (κ1) is 21.8. The van der Waals surface area contributed by atoms with Crippen molar-refractivity contribution >= 4 is 17.4 Å². The first-order valence-corrected chi connectivity index (χ1v) is 9.63. The largest absolute Gasteiger partial charge is 0.439 e. The van der Waals surface area contributed by atoms with Gasteiger partial charge in [0, 0.05) is 29.8 Å².